The van der Waals surface area contributed by atoms with Gasteiger partial charge in [0.25, 0.3) is 0 Å². The Morgan fingerprint density at radius 3 is 2.36 bits per heavy atom. The number of carbonyl (C=O) groups is 1. The summed E-state index contributed by atoms with van der Waals surface area (Å²) in [4.78, 5) is 22.9. The molecular formula is C20H25N3O2. The Labute approximate surface area is 148 Å². The Balaban J connectivity index is 1.91. The molecule has 3 rings (SSSR count). The van der Waals surface area contributed by atoms with Crippen molar-refractivity contribution in [3.05, 3.63) is 41.6 Å². The van der Waals surface area contributed by atoms with E-state index in [2.05, 4.69) is 49.9 Å². The van der Waals surface area contributed by atoms with E-state index in [0.29, 0.717) is 18.8 Å². The number of hydrogen-bond acceptors (Lipinski definition) is 4. The van der Waals surface area contributed by atoms with Crippen LogP contribution in [-0.2, 0) is 4.79 Å². The van der Waals surface area contributed by atoms with Gasteiger partial charge in [0.05, 0.1) is 5.92 Å². The van der Waals surface area contributed by atoms with Crippen LogP contribution in [0, 0.1) is 12.8 Å². The summed E-state index contributed by atoms with van der Waals surface area (Å²) in [5.74, 6) is 1.02. The Kier molecular flexibility index (Phi) is 5.02. The van der Waals surface area contributed by atoms with Crippen molar-refractivity contribution in [3.8, 4) is 11.4 Å². The van der Waals surface area contributed by atoms with Gasteiger partial charge in [-0.15, -0.1) is 0 Å². The summed E-state index contributed by atoms with van der Waals surface area (Å²) in [7, 11) is 0. The van der Waals surface area contributed by atoms with Crippen molar-refractivity contribution >= 4 is 11.8 Å². The van der Waals surface area contributed by atoms with E-state index in [0.717, 1.165) is 36.0 Å². The van der Waals surface area contributed by atoms with Crippen molar-refractivity contribution in [1.82, 2.24) is 9.97 Å². The van der Waals surface area contributed by atoms with Gasteiger partial charge in [0, 0.05) is 30.4 Å². The molecule has 2 heterocycles. The number of benzene rings is 1. The van der Waals surface area contributed by atoms with Gasteiger partial charge in [0.1, 0.15) is 5.82 Å². The Hall–Kier alpha value is -2.43. The van der Waals surface area contributed by atoms with Gasteiger partial charge in [-0.05, 0) is 25.7 Å². The smallest absolute Gasteiger partial charge is 0.306 e. The molecule has 132 valence electrons. The fraction of sp³-hybridized carbons (Fsp3) is 0.450. The normalized spacial score (nSPS) is 15.6. The molecule has 1 aromatic heterocycles. The van der Waals surface area contributed by atoms with Crippen LogP contribution in [0.4, 0.5) is 5.82 Å². The van der Waals surface area contributed by atoms with Crippen LogP contribution in [0.3, 0.4) is 0 Å². The molecule has 1 aliphatic heterocycles. The van der Waals surface area contributed by atoms with Crippen LogP contribution in [-0.4, -0.2) is 34.1 Å². The predicted octanol–water partition coefficient (Wildman–Crippen LogP) is 3.88. The summed E-state index contributed by atoms with van der Waals surface area (Å²) in [6.45, 7) is 7.76. The van der Waals surface area contributed by atoms with E-state index >= 15 is 0 Å². The summed E-state index contributed by atoms with van der Waals surface area (Å²) in [5, 5.41) is 9.18. The lowest BCUT2D eigenvalue weighted by Crippen LogP contribution is -2.37. The van der Waals surface area contributed by atoms with Crippen molar-refractivity contribution in [3.63, 3.8) is 0 Å². The number of piperidine rings is 1. The molecule has 0 bridgehead atoms. The molecule has 0 saturated carbocycles. The predicted molar refractivity (Wildman–Crippen MR) is 98.9 cm³/mol. The number of aryl methyl sites for hydroxylation is 1. The van der Waals surface area contributed by atoms with Gasteiger partial charge in [-0.1, -0.05) is 43.7 Å². The first-order valence-corrected chi connectivity index (χ1v) is 8.88. The van der Waals surface area contributed by atoms with Crippen LogP contribution in [0.25, 0.3) is 11.4 Å². The van der Waals surface area contributed by atoms with Gasteiger partial charge in [-0.25, -0.2) is 9.97 Å². The Bertz CT molecular complexity index is 748. The highest BCUT2D eigenvalue weighted by atomic mass is 16.4. The number of aromatic nitrogens is 2. The number of hydrogen-bond donors (Lipinski definition) is 1. The lowest BCUT2D eigenvalue weighted by atomic mass is 9.97. The van der Waals surface area contributed by atoms with E-state index < -0.39 is 5.97 Å². The summed E-state index contributed by atoms with van der Waals surface area (Å²) in [6.07, 6.45) is 1.33. The van der Waals surface area contributed by atoms with E-state index in [-0.39, 0.29) is 5.92 Å². The van der Waals surface area contributed by atoms with E-state index in [9.17, 15) is 9.90 Å². The number of carboxylic acid groups (broad SMARTS) is 1. The molecule has 1 fully saturated rings. The van der Waals surface area contributed by atoms with Crippen LogP contribution in [0.2, 0.25) is 0 Å². The topological polar surface area (TPSA) is 66.3 Å². The molecule has 5 nitrogen and oxygen atoms in total. The van der Waals surface area contributed by atoms with Crippen molar-refractivity contribution in [2.75, 3.05) is 18.0 Å². The van der Waals surface area contributed by atoms with E-state index in [4.69, 9.17) is 9.97 Å². The van der Waals surface area contributed by atoms with E-state index in [1.165, 1.54) is 5.56 Å². The quantitative estimate of drug-likeness (QED) is 0.916. The maximum Gasteiger partial charge on any atom is 0.306 e. The second-order valence-corrected chi connectivity index (χ2v) is 7.09. The van der Waals surface area contributed by atoms with Crippen molar-refractivity contribution < 1.29 is 9.90 Å². The summed E-state index contributed by atoms with van der Waals surface area (Å²) in [6, 6.07) is 10.3. The van der Waals surface area contributed by atoms with Crippen molar-refractivity contribution in [2.24, 2.45) is 5.92 Å². The lowest BCUT2D eigenvalue weighted by Gasteiger charge is -2.31. The third kappa shape index (κ3) is 3.98. The lowest BCUT2D eigenvalue weighted by molar-refractivity contribution is -0.142. The number of anilines is 1. The summed E-state index contributed by atoms with van der Waals surface area (Å²) < 4.78 is 0. The zero-order chi connectivity index (χ0) is 18.0. The average Bonchev–Trinajstić information content (AvgIpc) is 2.62. The van der Waals surface area contributed by atoms with Gasteiger partial charge in [0.15, 0.2) is 5.82 Å². The zero-order valence-electron chi connectivity index (χ0n) is 15.1. The van der Waals surface area contributed by atoms with Gasteiger partial charge in [0.2, 0.25) is 0 Å². The molecule has 5 heteroatoms. The largest absolute Gasteiger partial charge is 0.481 e. The molecular weight excluding hydrogens is 314 g/mol. The molecule has 1 aromatic carbocycles. The maximum atomic E-state index is 11.2. The zero-order valence-corrected chi connectivity index (χ0v) is 15.1. The van der Waals surface area contributed by atoms with Crippen LogP contribution in [0.5, 0.6) is 0 Å². The first kappa shape index (κ1) is 17.4. The fourth-order valence-corrected chi connectivity index (χ4v) is 3.10. The molecule has 25 heavy (non-hydrogen) atoms. The minimum Gasteiger partial charge on any atom is -0.481 e. The minimum atomic E-state index is -0.689. The first-order chi connectivity index (χ1) is 11.9. The first-order valence-electron chi connectivity index (χ1n) is 8.88. The molecule has 0 spiro atoms. The van der Waals surface area contributed by atoms with Crippen LogP contribution < -0.4 is 4.90 Å². The van der Waals surface area contributed by atoms with Gasteiger partial charge in [-0.2, -0.15) is 0 Å². The van der Waals surface area contributed by atoms with Crippen LogP contribution in [0.15, 0.2) is 30.3 Å². The second-order valence-electron chi connectivity index (χ2n) is 7.09. The Morgan fingerprint density at radius 2 is 1.80 bits per heavy atom. The van der Waals surface area contributed by atoms with Gasteiger partial charge in [-0.3, -0.25) is 4.79 Å². The molecule has 0 atom stereocenters. The monoisotopic (exact) mass is 339 g/mol. The van der Waals surface area contributed by atoms with E-state index in [1.807, 2.05) is 6.07 Å². The highest BCUT2D eigenvalue weighted by molar-refractivity contribution is 5.70. The molecule has 0 radical (unpaired) electrons. The highest BCUT2D eigenvalue weighted by Crippen LogP contribution is 2.27. The van der Waals surface area contributed by atoms with E-state index in [1.54, 1.807) is 0 Å². The third-order valence-corrected chi connectivity index (χ3v) is 4.80. The number of carboxylic acids is 1. The van der Waals surface area contributed by atoms with Crippen molar-refractivity contribution in [2.45, 2.75) is 39.5 Å². The fourth-order valence-electron chi connectivity index (χ4n) is 3.10. The van der Waals surface area contributed by atoms with Gasteiger partial charge >= 0.3 is 5.97 Å². The second kappa shape index (κ2) is 7.21. The maximum absolute atomic E-state index is 11.2. The molecule has 0 amide bonds. The average molecular weight is 339 g/mol. The SMILES string of the molecule is Cc1ccc(-c2nc(C(C)C)cc(N3CCC(C(=O)O)CC3)n2)cc1. The third-order valence-electron chi connectivity index (χ3n) is 4.80. The molecule has 1 aliphatic rings. The molecule has 1 saturated heterocycles. The van der Waals surface area contributed by atoms with Crippen LogP contribution in [0.1, 0.15) is 43.9 Å². The summed E-state index contributed by atoms with van der Waals surface area (Å²) >= 11 is 0. The number of nitrogens with zero attached hydrogens (tertiary/aromatic N) is 3. The minimum absolute atomic E-state index is 0.237. The van der Waals surface area contributed by atoms with Crippen LogP contribution >= 0.6 is 0 Å². The highest BCUT2D eigenvalue weighted by Gasteiger charge is 2.25. The van der Waals surface area contributed by atoms with Gasteiger partial charge < -0.3 is 10.0 Å². The molecule has 2 aromatic rings. The molecule has 1 N–H and O–H groups in total. The standard InChI is InChI=1S/C20H25N3O2/c1-13(2)17-12-18(23-10-8-16(9-11-23)20(24)25)22-19(21-17)15-6-4-14(3)5-7-15/h4-7,12-13,16H,8-11H2,1-3H3,(H,24,25). The molecule has 0 unspecified atom stereocenters. The Morgan fingerprint density at radius 1 is 1.16 bits per heavy atom. The number of aliphatic carboxylic acids is 1. The summed E-state index contributed by atoms with van der Waals surface area (Å²) in [5.41, 5.74) is 3.23. The number of rotatable bonds is 4. The van der Waals surface area contributed by atoms with Crippen molar-refractivity contribution in [1.29, 1.82) is 0 Å². The molecule has 0 aliphatic carbocycles.